The number of fused-ring (bicyclic) bond motifs is 1. The highest BCUT2D eigenvalue weighted by atomic mass is 32.1. The predicted molar refractivity (Wildman–Crippen MR) is 148 cm³/mol. The molecule has 2 N–H and O–H groups in total. The SMILES string of the molecule is Cc1ccc(-c2nc3sc(C)cn3c2-c2ccnc(N[C@@H]3CCCN(C(=O)NCc4ccco4)C3)n2)cc1. The number of carbonyl (C=O) groups is 1. The number of aryl methyl sites for hydroxylation is 2. The van der Waals surface area contributed by atoms with Gasteiger partial charge in [-0.25, -0.2) is 19.7 Å². The Morgan fingerprint density at radius 2 is 2.03 bits per heavy atom. The van der Waals surface area contributed by atoms with Gasteiger partial charge < -0.3 is 20.0 Å². The molecule has 0 radical (unpaired) electrons. The molecular weight excluding hydrogens is 498 g/mol. The third-order valence-electron chi connectivity index (χ3n) is 6.70. The van der Waals surface area contributed by atoms with Crippen molar-refractivity contribution < 1.29 is 9.21 Å². The van der Waals surface area contributed by atoms with Crippen LogP contribution in [0.4, 0.5) is 10.7 Å². The zero-order chi connectivity index (χ0) is 26.1. The van der Waals surface area contributed by atoms with E-state index in [9.17, 15) is 4.79 Å². The molecule has 1 aliphatic heterocycles. The topological polar surface area (TPSA) is 101 Å². The number of amides is 2. The van der Waals surface area contributed by atoms with Gasteiger partial charge in [-0.15, -0.1) is 11.3 Å². The van der Waals surface area contributed by atoms with Gasteiger partial charge in [-0.1, -0.05) is 29.8 Å². The summed E-state index contributed by atoms with van der Waals surface area (Å²) in [6.07, 6.45) is 7.33. The van der Waals surface area contributed by atoms with Crippen molar-refractivity contribution in [3.8, 4) is 22.6 Å². The fourth-order valence-electron chi connectivity index (χ4n) is 4.82. The summed E-state index contributed by atoms with van der Waals surface area (Å²) in [6.45, 7) is 5.83. The lowest BCUT2D eigenvalue weighted by molar-refractivity contribution is 0.181. The Kier molecular flexibility index (Phi) is 6.55. The summed E-state index contributed by atoms with van der Waals surface area (Å²) in [5, 5.41) is 6.40. The molecule has 4 aromatic heterocycles. The first kappa shape index (κ1) is 24.2. The molecule has 38 heavy (non-hydrogen) atoms. The van der Waals surface area contributed by atoms with Gasteiger partial charge in [-0.2, -0.15) is 0 Å². The Hall–Kier alpha value is -4.18. The minimum absolute atomic E-state index is 0.0544. The van der Waals surface area contributed by atoms with Crippen LogP contribution in [0.3, 0.4) is 0 Å². The molecule has 10 heteroatoms. The first-order valence-electron chi connectivity index (χ1n) is 12.7. The lowest BCUT2D eigenvalue weighted by atomic mass is 10.1. The minimum atomic E-state index is -0.0974. The van der Waals surface area contributed by atoms with Crippen LogP contribution >= 0.6 is 11.3 Å². The Bertz CT molecular complexity index is 1560. The molecule has 1 aliphatic rings. The number of urea groups is 1. The molecule has 2 amide bonds. The van der Waals surface area contributed by atoms with Gasteiger partial charge in [0.15, 0.2) is 4.96 Å². The monoisotopic (exact) mass is 527 g/mol. The summed E-state index contributed by atoms with van der Waals surface area (Å²) in [4.78, 5) is 31.0. The maximum absolute atomic E-state index is 12.7. The number of rotatable bonds is 6. The van der Waals surface area contributed by atoms with Crippen LogP contribution in [0.5, 0.6) is 0 Å². The highest BCUT2D eigenvalue weighted by Gasteiger charge is 2.25. The molecule has 5 heterocycles. The molecule has 1 aromatic carbocycles. The van der Waals surface area contributed by atoms with Crippen molar-refractivity contribution in [3.05, 3.63) is 77.3 Å². The van der Waals surface area contributed by atoms with Crippen LogP contribution in [0, 0.1) is 13.8 Å². The van der Waals surface area contributed by atoms with Crippen molar-refractivity contribution in [1.29, 1.82) is 0 Å². The van der Waals surface area contributed by atoms with Gasteiger partial charge in [0.1, 0.15) is 11.5 Å². The van der Waals surface area contributed by atoms with E-state index in [4.69, 9.17) is 14.4 Å². The quantitative estimate of drug-likeness (QED) is 0.302. The number of piperidine rings is 1. The lowest BCUT2D eigenvalue weighted by Gasteiger charge is -2.33. The average Bonchev–Trinajstić information content (AvgIpc) is 3.64. The van der Waals surface area contributed by atoms with Crippen LogP contribution < -0.4 is 10.6 Å². The second kappa shape index (κ2) is 10.3. The van der Waals surface area contributed by atoms with Crippen LogP contribution in [0.2, 0.25) is 0 Å². The smallest absolute Gasteiger partial charge is 0.317 e. The molecule has 1 fully saturated rings. The fourth-order valence-corrected chi connectivity index (χ4v) is 5.65. The number of hydrogen-bond acceptors (Lipinski definition) is 7. The van der Waals surface area contributed by atoms with Crippen molar-refractivity contribution in [2.45, 2.75) is 39.3 Å². The molecular formula is C28H29N7O2S. The van der Waals surface area contributed by atoms with E-state index in [0.29, 0.717) is 25.6 Å². The van der Waals surface area contributed by atoms with Crippen LogP contribution in [0.15, 0.2) is 65.5 Å². The van der Waals surface area contributed by atoms with E-state index in [1.807, 2.05) is 23.1 Å². The predicted octanol–water partition coefficient (Wildman–Crippen LogP) is 5.52. The second-order valence-electron chi connectivity index (χ2n) is 9.60. The summed E-state index contributed by atoms with van der Waals surface area (Å²) < 4.78 is 7.43. The van der Waals surface area contributed by atoms with E-state index in [-0.39, 0.29) is 12.1 Å². The van der Waals surface area contributed by atoms with Gasteiger partial charge in [0.25, 0.3) is 0 Å². The van der Waals surface area contributed by atoms with Gasteiger partial charge in [0.2, 0.25) is 5.95 Å². The third kappa shape index (κ3) is 4.99. The van der Waals surface area contributed by atoms with E-state index in [0.717, 1.165) is 46.2 Å². The highest BCUT2D eigenvalue weighted by molar-refractivity contribution is 7.17. The van der Waals surface area contributed by atoms with Crippen molar-refractivity contribution in [2.24, 2.45) is 0 Å². The van der Waals surface area contributed by atoms with Gasteiger partial charge in [0.05, 0.1) is 24.2 Å². The minimum Gasteiger partial charge on any atom is -0.467 e. The first-order valence-corrected chi connectivity index (χ1v) is 13.6. The molecule has 5 aromatic rings. The number of likely N-dealkylation sites (tertiary alicyclic amines) is 1. The van der Waals surface area contributed by atoms with Crippen molar-refractivity contribution in [1.82, 2.24) is 29.6 Å². The first-order chi connectivity index (χ1) is 18.5. The van der Waals surface area contributed by atoms with Gasteiger partial charge >= 0.3 is 6.03 Å². The summed E-state index contributed by atoms with van der Waals surface area (Å²) >= 11 is 1.66. The number of carbonyl (C=O) groups excluding carboxylic acids is 1. The second-order valence-corrected chi connectivity index (χ2v) is 10.8. The maximum Gasteiger partial charge on any atom is 0.317 e. The summed E-state index contributed by atoms with van der Waals surface area (Å²) in [5.74, 6) is 1.28. The standard InChI is InChI=1S/C28H29N7O2S/c1-18-7-9-20(10-8-18)24-25(35-16-19(2)38-28(35)33-24)23-11-12-29-26(32-23)31-21-5-3-13-34(17-21)27(36)30-15-22-6-4-14-37-22/h4,6-12,14,16,21H,3,5,13,15,17H2,1-2H3,(H,30,36)(H,29,31,32)/t21-/m1/s1. The molecule has 194 valence electrons. The van der Waals surface area contributed by atoms with Crippen molar-refractivity contribution >= 4 is 28.3 Å². The number of furan rings is 1. The number of benzene rings is 1. The molecule has 0 unspecified atom stereocenters. The molecule has 0 spiro atoms. The zero-order valence-corrected chi connectivity index (χ0v) is 22.2. The molecule has 9 nitrogen and oxygen atoms in total. The van der Waals surface area contributed by atoms with Crippen LogP contribution in [-0.2, 0) is 6.54 Å². The van der Waals surface area contributed by atoms with Crippen LogP contribution in [0.1, 0.15) is 29.0 Å². The van der Waals surface area contributed by atoms with Gasteiger partial charge in [0, 0.05) is 42.0 Å². The number of hydrogen-bond donors (Lipinski definition) is 2. The van der Waals surface area contributed by atoms with E-state index in [1.54, 1.807) is 23.8 Å². The molecule has 6 rings (SSSR count). The molecule has 1 saturated heterocycles. The maximum atomic E-state index is 12.7. The Balaban J connectivity index is 1.22. The Morgan fingerprint density at radius 1 is 1.16 bits per heavy atom. The normalized spacial score (nSPS) is 15.6. The summed E-state index contributed by atoms with van der Waals surface area (Å²) in [7, 11) is 0. The fraction of sp³-hybridized carbons (Fsp3) is 0.286. The number of nitrogens with one attached hydrogen (secondary N) is 2. The number of nitrogens with zero attached hydrogens (tertiary/aromatic N) is 5. The van der Waals surface area contributed by atoms with E-state index in [2.05, 4.69) is 64.3 Å². The molecule has 0 bridgehead atoms. The molecule has 0 saturated carbocycles. The van der Waals surface area contributed by atoms with Gasteiger partial charge in [-0.3, -0.25) is 4.40 Å². The zero-order valence-electron chi connectivity index (χ0n) is 21.3. The largest absolute Gasteiger partial charge is 0.467 e. The Labute approximate surface area is 224 Å². The highest BCUT2D eigenvalue weighted by Crippen LogP contribution is 2.35. The van der Waals surface area contributed by atoms with Crippen molar-refractivity contribution in [3.63, 3.8) is 0 Å². The van der Waals surface area contributed by atoms with Crippen LogP contribution in [-0.4, -0.2) is 49.4 Å². The number of thiazole rings is 1. The third-order valence-corrected chi connectivity index (χ3v) is 7.60. The molecule has 1 atom stereocenters. The summed E-state index contributed by atoms with van der Waals surface area (Å²) in [5.41, 5.74) is 4.90. The number of imidazole rings is 1. The Morgan fingerprint density at radius 3 is 2.84 bits per heavy atom. The number of aromatic nitrogens is 4. The van der Waals surface area contributed by atoms with Crippen LogP contribution in [0.25, 0.3) is 27.6 Å². The summed E-state index contributed by atoms with van der Waals surface area (Å²) in [6, 6.07) is 14.0. The van der Waals surface area contributed by atoms with E-state index < -0.39 is 0 Å². The molecule has 0 aliphatic carbocycles. The van der Waals surface area contributed by atoms with Gasteiger partial charge in [-0.05, 0) is 44.9 Å². The van der Waals surface area contributed by atoms with Crippen molar-refractivity contribution in [2.75, 3.05) is 18.4 Å². The average molecular weight is 528 g/mol. The number of anilines is 1. The lowest BCUT2D eigenvalue weighted by Crippen LogP contribution is -2.49. The van der Waals surface area contributed by atoms with E-state index in [1.165, 1.54) is 10.4 Å². The van der Waals surface area contributed by atoms with E-state index >= 15 is 0 Å².